The summed E-state index contributed by atoms with van der Waals surface area (Å²) in [7, 11) is 3.44. The van der Waals surface area contributed by atoms with Gasteiger partial charge in [-0.15, -0.1) is 0 Å². The lowest BCUT2D eigenvalue weighted by Gasteiger charge is -2.13. The zero-order valence-electron chi connectivity index (χ0n) is 16.0. The zero-order chi connectivity index (χ0) is 18.3. The van der Waals surface area contributed by atoms with Crippen molar-refractivity contribution in [2.75, 3.05) is 47.1 Å². The average Bonchev–Trinajstić information content (AvgIpc) is 2.61. The van der Waals surface area contributed by atoms with Gasteiger partial charge in [-0.1, -0.05) is 26.0 Å². The molecule has 1 aromatic carbocycles. The fourth-order valence-electron chi connectivity index (χ4n) is 2.05. The van der Waals surface area contributed by atoms with Gasteiger partial charge in [-0.2, -0.15) is 0 Å². The van der Waals surface area contributed by atoms with Crippen LogP contribution in [-0.4, -0.2) is 53.1 Å². The van der Waals surface area contributed by atoms with Crippen LogP contribution >= 0.6 is 0 Å². The minimum Gasteiger partial charge on any atom is -0.491 e. The van der Waals surface area contributed by atoms with Crippen molar-refractivity contribution in [3.8, 4) is 5.75 Å². The molecule has 0 radical (unpaired) electrons. The predicted octanol–water partition coefficient (Wildman–Crippen LogP) is 2.44. The van der Waals surface area contributed by atoms with Gasteiger partial charge in [0, 0.05) is 40.5 Å². The van der Waals surface area contributed by atoms with Gasteiger partial charge in [0.2, 0.25) is 0 Å². The number of ether oxygens (including phenoxy) is 3. The van der Waals surface area contributed by atoms with Crippen LogP contribution in [0.2, 0.25) is 0 Å². The van der Waals surface area contributed by atoms with Crippen molar-refractivity contribution in [1.82, 2.24) is 10.6 Å². The second-order valence-corrected chi connectivity index (χ2v) is 6.16. The fourth-order valence-corrected chi connectivity index (χ4v) is 2.05. The van der Waals surface area contributed by atoms with Crippen LogP contribution in [0.1, 0.15) is 25.8 Å². The van der Waals surface area contributed by atoms with Gasteiger partial charge in [0.25, 0.3) is 0 Å². The van der Waals surface area contributed by atoms with Crippen molar-refractivity contribution in [1.29, 1.82) is 0 Å². The van der Waals surface area contributed by atoms with Gasteiger partial charge < -0.3 is 24.8 Å². The van der Waals surface area contributed by atoms with E-state index < -0.39 is 0 Å². The summed E-state index contributed by atoms with van der Waals surface area (Å²) in [5, 5.41) is 6.60. The third-order valence-electron chi connectivity index (χ3n) is 3.37. The van der Waals surface area contributed by atoms with E-state index in [9.17, 15) is 0 Å². The van der Waals surface area contributed by atoms with E-state index in [1.54, 1.807) is 14.2 Å². The molecule has 0 aliphatic heterocycles. The molecule has 0 amide bonds. The van der Waals surface area contributed by atoms with E-state index in [0.717, 1.165) is 37.9 Å². The zero-order valence-corrected chi connectivity index (χ0v) is 16.0. The monoisotopic (exact) mass is 351 g/mol. The van der Waals surface area contributed by atoms with Gasteiger partial charge in [-0.3, -0.25) is 4.99 Å². The van der Waals surface area contributed by atoms with E-state index in [2.05, 4.69) is 29.5 Å². The standard InChI is InChI=1S/C19H33N3O3/c1-16(2)15-24-11-5-10-21-19(20-3)22-14-17-6-8-18(9-7-17)25-13-12-23-4/h6-9,16H,5,10-15H2,1-4H3,(H2,20,21,22). The molecule has 0 spiro atoms. The minimum atomic E-state index is 0.561. The van der Waals surface area contributed by atoms with Crippen molar-refractivity contribution in [3.05, 3.63) is 29.8 Å². The minimum absolute atomic E-state index is 0.561. The van der Waals surface area contributed by atoms with Crippen LogP contribution in [0.4, 0.5) is 0 Å². The maximum Gasteiger partial charge on any atom is 0.191 e. The molecule has 0 aliphatic rings. The van der Waals surface area contributed by atoms with Crippen LogP contribution < -0.4 is 15.4 Å². The lowest BCUT2D eigenvalue weighted by molar-refractivity contribution is 0.108. The molecular weight excluding hydrogens is 318 g/mol. The normalized spacial score (nSPS) is 11.6. The molecule has 0 aliphatic carbocycles. The van der Waals surface area contributed by atoms with E-state index in [-0.39, 0.29) is 0 Å². The summed E-state index contributed by atoms with van der Waals surface area (Å²) < 4.78 is 16.1. The number of hydrogen-bond acceptors (Lipinski definition) is 4. The Morgan fingerprint density at radius 1 is 1.08 bits per heavy atom. The van der Waals surface area contributed by atoms with E-state index in [4.69, 9.17) is 14.2 Å². The smallest absolute Gasteiger partial charge is 0.191 e. The summed E-state index contributed by atoms with van der Waals surface area (Å²) in [5.41, 5.74) is 1.17. The number of nitrogens with one attached hydrogen (secondary N) is 2. The summed E-state index contributed by atoms with van der Waals surface area (Å²) in [4.78, 5) is 4.23. The van der Waals surface area contributed by atoms with Gasteiger partial charge in [0.05, 0.1) is 6.61 Å². The third kappa shape index (κ3) is 10.6. The Balaban J connectivity index is 2.21. The summed E-state index contributed by atoms with van der Waals surface area (Å²) in [6, 6.07) is 8.02. The van der Waals surface area contributed by atoms with Gasteiger partial charge in [-0.05, 0) is 30.0 Å². The molecule has 0 atom stereocenters. The summed E-state index contributed by atoms with van der Waals surface area (Å²) >= 11 is 0. The summed E-state index contributed by atoms with van der Waals surface area (Å²) in [5.74, 6) is 2.23. The fraction of sp³-hybridized carbons (Fsp3) is 0.632. The van der Waals surface area contributed by atoms with E-state index in [1.165, 1.54) is 5.56 Å². The number of hydrogen-bond donors (Lipinski definition) is 2. The molecule has 0 aromatic heterocycles. The van der Waals surface area contributed by atoms with Crippen molar-refractivity contribution in [2.45, 2.75) is 26.8 Å². The molecule has 0 fully saturated rings. The Kier molecular flexibility index (Phi) is 11.5. The number of aliphatic imine (C=N–C) groups is 1. The summed E-state index contributed by atoms with van der Waals surface area (Å²) in [6.45, 7) is 8.60. The molecule has 25 heavy (non-hydrogen) atoms. The second kappa shape index (κ2) is 13.5. The Bertz CT molecular complexity index is 475. The van der Waals surface area contributed by atoms with Crippen molar-refractivity contribution in [3.63, 3.8) is 0 Å². The molecule has 142 valence electrons. The lowest BCUT2D eigenvalue weighted by atomic mass is 10.2. The van der Waals surface area contributed by atoms with Crippen molar-refractivity contribution >= 4 is 5.96 Å². The van der Waals surface area contributed by atoms with E-state index in [1.807, 2.05) is 24.3 Å². The quantitative estimate of drug-likeness (QED) is 0.344. The Labute approximate surface area is 152 Å². The molecule has 0 heterocycles. The van der Waals surface area contributed by atoms with Gasteiger partial charge >= 0.3 is 0 Å². The Hall–Kier alpha value is -1.79. The van der Waals surface area contributed by atoms with Gasteiger partial charge in [-0.25, -0.2) is 0 Å². The van der Waals surface area contributed by atoms with E-state index >= 15 is 0 Å². The number of methoxy groups -OCH3 is 1. The summed E-state index contributed by atoms with van der Waals surface area (Å²) in [6.07, 6.45) is 0.959. The molecule has 0 unspecified atom stereocenters. The second-order valence-electron chi connectivity index (χ2n) is 6.16. The molecule has 0 bridgehead atoms. The molecule has 1 rings (SSSR count). The first-order valence-corrected chi connectivity index (χ1v) is 8.88. The highest BCUT2D eigenvalue weighted by Crippen LogP contribution is 2.11. The van der Waals surface area contributed by atoms with Crippen LogP contribution in [0.3, 0.4) is 0 Å². The van der Waals surface area contributed by atoms with Gasteiger partial charge in [0.1, 0.15) is 12.4 Å². The molecule has 1 aromatic rings. The number of guanidine groups is 1. The Morgan fingerprint density at radius 2 is 1.84 bits per heavy atom. The van der Waals surface area contributed by atoms with E-state index in [0.29, 0.717) is 25.7 Å². The highest BCUT2D eigenvalue weighted by atomic mass is 16.5. The topological polar surface area (TPSA) is 64.1 Å². The first-order valence-electron chi connectivity index (χ1n) is 8.88. The maximum absolute atomic E-state index is 5.57. The first kappa shape index (κ1) is 21.3. The van der Waals surface area contributed by atoms with Crippen molar-refractivity contribution in [2.24, 2.45) is 10.9 Å². The molecule has 2 N–H and O–H groups in total. The molecule has 0 saturated heterocycles. The number of rotatable bonds is 12. The number of benzene rings is 1. The van der Waals surface area contributed by atoms with Crippen LogP contribution in [-0.2, 0) is 16.0 Å². The first-order chi connectivity index (χ1) is 12.2. The lowest BCUT2D eigenvalue weighted by Crippen LogP contribution is -2.37. The van der Waals surface area contributed by atoms with Crippen LogP contribution in [0, 0.1) is 5.92 Å². The molecule has 6 heteroatoms. The average molecular weight is 351 g/mol. The predicted molar refractivity (Wildman–Crippen MR) is 102 cm³/mol. The molecular formula is C19H33N3O3. The highest BCUT2D eigenvalue weighted by molar-refractivity contribution is 5.79. The largest absolute Gasteiger partial charge is 0.491 e. The maximum atomic E-state index is 5.57. The van der Waals surface area contributed by atoms with Crippen LogP contribution in [0.25, 0.3) is 0 Å². The Morgan fingerprint density at radius 3 is 2.48 bits per heavy atom. The third-order valence-corrected chi connectivity index (χ3v) is 3.37. The molecule has 0 saturated carbocycles. The van der Waals surface area contributed by atoms with Gasteiger partial charge in [0.15, 0.2) is 5.96 Å². The number of nitrogens with zero attached hydrogens (tertiary/aromatic N) is 1. The molecule has 6 nitrogen and oxygen atoms in total. The highest BCUT2D eigenvalue weighted by Gasteiger charge is 2.00. The van der Waals surface area contributed by atoms with Crippen LogP contribution in [0.15, 0.2) is 29.3 Å². The van der Waals surface area contributed by atoms with Crippen LogP contribution in [0.5, 0.6) is 5.75 Å². The SMILES string of the molecule is CN=C(NCCCOCC(C)C)NCc1ccc(OCCOC)cc1. The van der Waals surface area contributed by atoms with Crippen molar-refractivity contribution < 1.29 is 14.2 Å².